The largest absolute Gasteiger partial charge is 0.364 e. The van der Waals surface area contributed by atoms with Crippen molar-refractivity contribution >= 4 is 11.6 Å². The van der Waals surface area contributed by atoms with Gasteiger partial charge in [-0.05, 0) is 31.2 Å². The summed E-state index contributed by atoms with van der Waals surface area (Å²) in [5, 5.41) is 0. The molecule has 0 aromatic carbocycles. The number of primary amides is 1. The molecule has 7 nitrogen and oxygen atoms in total. The third-order valence-electron chi connectivity index (χ3n) is 3.81. The second-order valence-corrected chi connectivity index (χ2v) is 5.44. The van der Waals surface area contributed by atoms with Crippen molar-refractivity contribution in [2.45, 2.75) is 6.92 Å². The van der Waals surface area contributed by atoms with E-state index >= 15 is 0 Å². The molecule has 1 amide bonds. The summed E-state index contributed by atoms with van der Waals surface area (Å²) in [6.07, 6.45) is 6.75. The molecule has 0 saturated heterocycles. The van der Waals surface area contributed by atoms with Gasteiger partial charge in [-0.15, -0.1) is 0 Å². The lowest BCUT2D eigenvalue weighted by Crippen LogP contribution is -2.13. The average Bonchev–Trinajstić information content (AvgIpc) is 3.21. The molecule has 7 heteroatoms. The van der Waals surface area contributed by atoms with Crippen LogP contribution >= 0.6 is 0 Å². The molecule has 0 radical (unpaired) electrons. The Balaban J connectivity index is 1.88. The van der Waals surface area contributed by atoms with Crippen LogP contribution in [0.15, 0.2) is 55.2 Å². The lowest BCUT2D eigenvalue weighted by atomic mass is 10.2. The van der Waals surface area contributed by atoms with Gasteiger partial charge in [0.1, 0.15) is 11.3 Å². The van der Waals surface area contributed by atoms with Crippen molar-refractivity contribution in [2.24, 2.45) is 5.73 Å². The summed E-state index contributed by atoms with van der Waals surface area (Å²) >= 11 is 0. The summed E-state index contributed by atoms with van der Waals surface area (Å²) in [4.78, 5) is 24.5. The fraction of sp³-hybridized carbons (Fsp3) is 0.0588. The quantitative estimate of drug-likeness (QED) is 0.625. The van der Waals surface area contributed by atoms with Crippen LogP contribution in [0.2, 0.25) is 0 Å². The molecule has 0 unspecified atom stereocenters. The standard InChI is InChI=1S/C17H14N6O/c1-11-3-2-4-13(21-11)14-7-19-10-23(14)12-5-6-16-20-8-15(17(18)24)22(16)9-12/h2-10H,1H3,(H2,18,24). The van der Waals surface area contributed by atoms with Gasteiger partial charge in [-0.25, -0.2) is 9.97 Å². The molecule has 24 heavy (non-hydrogen) atoms. The Kier molecular flexibility index (Phi) is 3.13. The van der Waals surface area contributed by atoms with Gasteiger partial charge in [0.05, 0.1) is 35.8 Å². The zero-order valence-electron chi connectivity index (χ0n) is 12.9. The Labute approximate surface area is 137 Å². The average molecular weight is 318 g/mol. The first-order valence-electron chi connectivity index (χ1n) is 7.37. The van der Waals surface area contributed by atoms with Crippen LogP contribution in [0.1, 0.15) is 16.2 Å². The van der Waals surface area contributed by atoms with E-state index in [9.17, 15) is 4.79 Å². The van der Waals surface area contributed by atoms with E-state index in [1.807, 2.05) is 48.0 Å². The van der Waals surface area contributed by atoms with E-state index in [2.05, 4.69) is 15.0 Å². The summed E-state index contributed by atoms with van der Waals surface area (Å²) in [5.41, 5.74) is 9.84. The predicted molar refractivity (Wildman–Crippen MR) is 88.8 cm³/mol. The molecule has 2 N–H and O–H groups in total. The number of nitrogens with two attached hydrogens (primary N) is 1. The topological polar surface area (TPSA) is 91.1 Å². The molecule has 0 saturated carbocycles. The lowest BCUT2D eigenvalue weighted by molar-refractivity contribution is 0.0995. The van der Waals surface area contributed by atoms with Crippen LogP contribution in [0.4, 0.5) is 0 Å². The van der Waals surface area contributed by atoms with Gasteiger partial charge in [0.15, 0.2) is 0 Å². The molecule has 0 spiro atoms. The number of aryl methyl sites for hydroxylation is 1. The van der Waals surface area contributed by atoms with Crippen LogP contribution < -0.4 is 5.73 Å². The Morgan fingerprint density at radius 1 is 1.17 bits per heavy atom. The fourth-order valence-electron chi connectivity index (χ4n) is 2.67. The maximum atomic E-state index is 11.5. The van der Waals surface area contributed by atoms with Gasteiger partial charge in [0.2, 0.25) is 0 Å². The number of carbonyl (C=O) groups excluding carboxylic acids is 1. The third kappa shape index (κ3) is 2.23. The van der Waals surface area contributed by atoms with Gasteiger partial charge < -0.3 is 5.73 Å². The number of hydrogen-bond donors (Lipinski definition) is 1. The number of amides is 1. The van der Waals surface area contributed by atoms with Crippen molar-refractivity contribution in [2.75, 3.05) is 0 Å². The van der Waals surface area contributed by atoms with Crippen LogP contribution in [0.5, 0.6) is 0 Å². The minimum Gasteiger partial charge on any atom is -0.364 e. The monoisotopic (exact) mass is 318 g/mol. The van der Waals surface area contributed by atoms with E-state index in [1.165, 1.54) is 6.20 Å². The normalized spacial score (nSPS) is 11.0. The molecule has 0 atom stereocenters. The van der Waals surface area contributed by atoms with Gasteiger partial charge in [-0.3, -0.25) is 18.7 Å². The first-order chi connectivity index (χ1) is 11.6. The molecule has 4 heterocycles. The van der Waals surface area contributed by atoms with Crippen LogP contribution in [0.25, 0.3) is 22.7 Å². The molecule has 0 aliphatic rings. The highest BCUT2D eigenvalue weighted by Crippen LogP contribution is 2.22. The van der Waals surface area contributed by atoms with Gasteiger partial charge in [0.25, 0.3) is 5.91 Å². The van der Waals surface area contributed by atoms with Gasteiger partial charge in [-0.2, -0.15) is 0 Å². The van der Waals surface area contributed by atoms with Crippen molar-refractivity contribution in [3.8, 4) is 17.1 Å². The van der Waals surface area contributed by atoms with Gasteiger partial charge in [0, 0.05) is 11.9 Å². The highest BCUT2D eigenvalue weighted by molar-refractivity contribution is 5.91. The maximum absolute atomic E-state index is 11.5. The Bertz CT molecular complexity index is 1060. The molecular formula is C17H14N6O. The van der Waals surface area contributed by atoms with Gasteiger partial charge in [-0.1, -0.05) is 6.07 Å². The minimum atomic E-state index is -0.522. The Morgan fingerprint density at radius 2 is 2.04 bits per heavy atom. The zero-order valence-corrected chi connectivity index (χ0v) is 12.9. The highest BCUT2D eigenvalue weighted by atomic mass is 16.1. The summed E-state index contributed by atoms with van der Waals surface area (Å²) in [5.74, 6) is -0.522. The number of rotatable bonds is 3. The highest BCUT2D eigenvalue weighted by Gasteiger charge is 2.12. The molecular weight excluding hydrogens is 304 g/mol. The second-order valence-electron chi connectivity index (χ2n) is 5.44. The molecule has 4 aromatic rings. The van der Waals surface area contributed by atoms with Crippen LogP contribution in [0, 0.1) is 6.92 Å². The van der Waals surface area contributed by atoms with Crippen molar-refractivity contribution < 1.29 is 4.79 Å². The molecule has 118 valence electrons. The van der Waals surface area contributed by atoms with Crippen molar-refractivity contribution in [1.29, 1.82) is 0 Å². The smallest absolute Gasteiger partial charge is 0.267 e. The number of carbonyl (C=O) groups is 1. The summed E-state index contributed by atoms with van der Waals surface area (Å²) < 4.78 is 3.58. The molecule has 0 aliphatic carbocycles. The van der Waals surface area contributed by atoms with E-state index in [0.717, 1.165) is 22.8 Å². The number of pyridine rings is 2. The molecule has 4 rings (SSSR count). The van der Waals surface area contributed by atoms with Crippen LogP contribution in [0.3, 0.4) is 0 Å². The van der Waals surface area contributed by atoms with E-state index in [4.69, 9.17) is 5.73 Å². The van der Waals surface area contributed by atoms with Crippen molar-refractivity contribution in [3.63, 3.8) is 0 Å². The Hall–Kier alpha value is -3.48. The first kappa shape index (κ1) is 14.1. The van der Waals surface area contributed by atoms with Crippen LogP contribution in [-0.2, 0) is 0 Å². The number of imidazole rings is 2. The molecule has 0 bridgehead atoms. The Morgan fingerprint density at radius 3 is 2.83 bits per heavy atom. The summed E-state index contributed by atoms with van der Waals surface area (Å²) in [6.45, 7) is 1.95. The lowest BCUT2D eigenvalue weighted by Gasteiger charge is -2.09. The fourth-order valence-corrected chi connectivity index (χ4v) is 2.67. The molecule has 4 aromatic heterocycles. The van der Waals surface area contributed by atoms with Gasteiger partial charge >= 0.3 is 0 Å². The maximum Gasteiger partial charge on any atom is 0.267 e. The predicted octanol–water partition coefficient (Wildman–Crippen LogP) is 1.99. The summed E-state index contributed by atoms with van der Waals surface area (Å²) in [7, 11) is 0. The van der Waals surface area contributed by atoms with E-state index < -0.39 is 5.91 Å². The van der Waals surface area contributed by atoms with E-state index in [1.54, 1.807) is 16.9 Å². The second kappa shape index (κ2) is 5.31. The molecule has 0 fully saturated rings. The number of fused-ring (bicyclic) bond motifs is 1. The molecule has 0 aliphatic heterocycles. The summed E-state index contributed by atoms with van der Waals surface area (Å²) in [6, 6.07) is 9.58. The number of nitrogens with zero attached hydrogens (tertiary/aromatic N) is 5. The third-order valence-corrected chi connectivity index (χ3v) is 3.81. The van der Waals surface area contributed by atoms with Crippen molar-refractivity contribution in [1.82, 2.24) is 23.9 Å². The van der Waals surface area contributed by atoms with Crippen molar-refractivity contribution in [3.05, 3.63) is 66.6 Å². The van der Waals surface area contributed by atoms with E-state index in [0.29, 0.717) is 11.3 Å². The minimum absolute atomic E-state index is 0.335. The zero-order chi connectivity index (χ0) is 16.7. The van der Waals surface area contributed by atoms with E-state index in [-0.39, 0.29) is 0 Å². The first-order valence-corrected chi connectivity index (χ1v) is 7.37. The van der Waals surface area contributed by atoms with Crippen LogP contribution in [-0.4, -0.2) is 29.8 Å². The SMILES string of the molecule is Cc1cccc(-c2cncn2-c2ccc3ncc(C(N)=O)n3c2)n1. The number of aromatic nitrogens is 5. The number of hydrogen-bond acceptors (Lipinski definition) is 4.